The van der Waals surface area contributed by atoms with Gasteiger partial charge in [-0.3, -0.25) is 0 Å². The minimum atomic E-state index is -3.94. The number of rotatable bonds is 0. The van der Waals surface area contributed by atoms with E-state index in [2.05, 4.69) is 0 Å². The van der Waals surface area contributed by atoms with Crippen molar-refractivity contribution in [2.75, 3.05) is 0 Å². The Labute approximate surface area is 45.4 Å². The molecule has 0 fully saturated rings. The zero-order chi connectivity index (χ0) is 3.58. The standard InChI is InChI=1S/AsO3.Fe/c2-1(3)4;/q-3;+3. The van der Waals surface area contributed by atoms with Gasteiger partial charge in [0.15, 0.2) is 0 Å². The van der Waals surface area contributed by atoms with Crippen LogP contribution in [-0.4, -0.2) is 15.7 Å². The summed E-state index contributed by atoms with van der Waals surface area (Å²) in [5, 5.41) is 0. The van der Waals surface area contributed by atoms with Gasteiger partial charge in [0, 0.05) is 0 Å². The molecule has 0 aromatic heterocycles. The molecule has 0 aliphatic heterocycles. The number of hydrogen-bond acceptors (Lipinski definition) is 3. The van der Waals surface area contributed by atoms with Crippen molar-refractivity contribution in [2.24, 2.45) is 0 Å². The van der Waals surface area contributed by atoms with Gasteiger partial charge in [0.2, 0.25) is 0 Å². The summed E-state index contributed by atoms with van der Waals surface area (Å²) in [6.07, 6.45) is 0. The SMILES string of the molecule is [Fe+3].[O-][As]([O-])[O-]. The summed E-state index contributed by atoms with van der Waals surface area (Å²) < 4.78 is 25.7. The van der Waals surface area contributed by atoms with E-state index in [0.717, 1.165) is 0 Å². The Morgan fingerprint density at radius 3 is 1.00 bits per heavy atom. The Kier molecular flexibility index (Phi) is 9.27. The van der Waals surface area contributed by atoms with E-state index >= 15 is 0 Å². The van der Waals surface area contributed by atoms with Gasteiger partial charge in [0.1, 0.15) is 0 Å². The van der Waals surface area contributed by atoms with Crippen LogP contribution in [0.2, 0.25) is 0 Å². The minimum absolute atomic E-state index is 0. The van der Waals surface area contributed by atoms with Crippen LogP contribution in [0.25, 0.3) is 0 Å². The van der Waals surface area contributed by atoms with Crippen molar-refractivity contribution in [3.05, 3.63) is 0 Å². The van der Waals surface area contributed by atoms with Crippen LogP contribution < -0.4 is 12.3 Å². The van der Waals surface area contributed by atoms with Crippen molar-refractivity contribution < 1.29 is 29.4 Å². The van der Waals surface area contributed by atoms with Crippen LogP contribution >= 0.6 is 0 Å². The van der Waals surface area contributed by atoms with Gasteiger partial charge < -0.3 is 0 Å². The molecule has 0 saturated carbocycles. The molecule has 0 aliphatic rings. The Morgan fingerprint density at radius 2 is 1.00 bits per heavy atom. The van der Waals surface area contributed by atoms with E-state index in [4.69, 9.17) is 12.3 Å². The predicted octanol–water partition coefficient (Wildman–Crippen LogP) is -3.95. The van der Waals surface area contributed by atoms with Crippen LogP contribution in [0.3, 0.4) is 0 Å². The fraction of sp³-hybridized carbons (Fsp3) is 0. The molecule has 0 atom stereocenters. The van der Waals surface area contributed by atoms with Crippen LogP contribution in [0, 0.1) is 0 Å². The fourth-order valence-electron chi connectivity index (χ4n) is 0. The van der Waals surface area contributed by atoms with E-state index in [1.807, 2.05) is 0 Å². The first kappa shape index (κ1) is 9.35. The van der Waals surface area contributed by atoms with Crippen LogP contribution in [0.1, 0.15) is 0 Å². The summed E-state index contributed by atoms with van der Waals surface area (Å²) in [6.45, 7) is 0. The molecule has 0 heterocycles. The molecule has 3 nitrogen and oxygen atoms in total. The van der Waals surface area contributed by atoms with E-state index in [-0.39, 0.29) is 17.1 Å². The quantitative estimate of drug-likeness (QED) is 0.356. The molecule has 0 aliphatic carbocycles. The molecule has 0 amide bonds. The second kappa shape index (κ2) is 4.96. The fourth-order valence-corrected chi connectivity index (χ4v) is 0. The first-order valence-electron chi connectivity index (χ1n) is 0.548. The summed E-state index contributed by atoms with van der Waals surface area (Å²) in [7, 11) is 0. The summed E-state index contributed by atoms with van der Waals surface area (Å²) in [6, 6.07) is 0. The van der Waals surface area contributed by atoms with E-state index in [0.29, 0.717) is 0 Å². The van der Waals surface area contributed by atoms with E-state index in [1.165, 1.54) is 0 Å². The monoisotopic (exact) mass is 179 g/mol. The molecule has 31 valence electrons. The van der Waals surface area contributed by atoms with Crippen molar-refractivity contribution in [3.8, 4) is 0 Å². The van der Waals surface area contributed by atoms with Gasteiger partial charge in [-0.2, -0.15) is 0 Å². The molecular formula is AsFeO3. The van der Waals surface area contributed by atoms with Gasteiger partial charge in [-0.05, 0) is 0 Å². The average Bonchev–Trinajstić information content (AvgIpc) is 0.811. The average molecular weight is 179 g/mol. The zero-order valence-electron chi connectivity index (χ0n) is 2.03. The van der Waals surface area contributed by atoms with Crippen LogP contribution in [0.15, 0.2) is 0 Å². The molecule has 0 bridgehead atoms. The zero-order valence-corrected chi connectivity index (χ0v) is 5.01. The Balaban J connectivity index is 0. The van der Waals surface area contributed by atoms with Gasteiger partial charge in [-0.25, -0.2) is 0 Å². The normalized spacial score (nSPS) is 7.20. The molecule has 0 spiro atoms. The first-order chi connectivity index (χ1) is 1.73. The van der Waals surface area contributed by atoms with Crippen molar-refractivity contribution >= 4 is 15.7 Å². The first-order valence-corrected chi connectivity index (χ1v) is 2.85. The molecular weight excluding hydrogens is 179 g/mol. The van der Waals surface area contributed by atoms with E-state index in [9.17, 15) is 0 Å². The maximum absolute atomic E-state index is 8.56. The van der Waals surface area contributed by atoms with Crippen molar-refractivity contribution in [1.82, 2.24) is 0 Å². The molecule has 5 heavy (non-hydrogen) atoms. The maximum atomic E-state index is 8.56. The predicted molar refractivity (Wildman–Crippen MR) is 5.75 cm³/mol. The van der Waals surface area contributed by atoms with Gasteiger partial charge in [0.25, 0.3) is 0 Å². The van der Waals surface area contributed by atoms with Crippen molar-refractivity contribution in [1.29, 1.82) is 0 Å². The summed E-state index contributed by atoms with van der Waals surface area (Å²) in [5.41, 5.74) is 0. The molecule has 0 N–H and O–H groups in total. The topological polar surface area (TPSA) is 69.2 Å². The van der Waals surface area contributed by atoms with E-state index in [1.54, 1.807) is 0 Å². The van der Waals surface area contributed by atoms with Gasteiger partial charge >= 0.3 is 45.0 Å². The molecule has 0 rings (SSSR count). The van der Waals surface area contributed by atoms with Gasteiger partial charge in [-0.15, -0.1) is 0 Å². The molecule has 0 saturated heterocycles. The van der Waals surface area contributed by atoms with E-state index < -0.39 is 15.7 Å². The summed E-state index contributed by atoms with van der Waals surface area (Å²) in [5.74, 6) is 0. The molecule has 1 radical (unpaired) electrons. The Hall–Kier alpha value is 0.958. The van der Waals surface area contributed by atoms with Crippen molar-refractivity contribution in [2.45, 2.75) is 0 Å². The summed E-state index contributed by atoms with van der Waals surface area (Å²) in [4.78, 5) is 0. The number of hydrogen-bond donors (Lipinski definition) is 0. The van der Waals surface area contributed by atoms with Crippen LogP contribution in [0.4, 0.5) is 0 Å². The second-order valence-corrected chi connectivity index (χ2v) is 1.16. The van der Waals surface area contributed by atoms with Crippen LogP contribution in [0.5, 0.6) is 0 Å². The van der Waals surface area contributed by atoms with Gasteiger partial charge in [-0.1, -0.05) is 0 Å². The molecule has 0 aromatic carbocycles. The third kappa shape index (κ3) is 47.3. The third-order valence-electron chi connectivity index (χ3n) is 0. The molecule has 0 aromatic rings. The van der Waals surface area contributed by atoms with Crippen LogP contribution in [-0.2, 0) is 17.1 Å². The van der Waals surface area contributed by atoms with Crippen molar-refractivity contribution in [3.63, 3.8) is 0 Å². The van der Waals surface area contributed by atoms with Gasteiger partial charge in [0.05, 0.1) is 0 Å². The Morgan fingerprint density at radius 1 is 1.00 bits per heavy atom. The summed E-state index contributed by atoms with van der Waals surface area (Å²) >= 11 is -3.94. The molecule has 5 heteroatoms. The second-order valence-electron chi connectivity index (χ2n) is 0.224. The Bertz CT molecular complexity index is 11.6. The molecule has 0 unspecified atom stereocenters. The third-order valence-corrected chi connectivity index (χ3v) is 0.